The van der Waals surface area contributed by atoms with E-state index in [9.17, 15) is 9.59 Å². The van der Waals surface area contributed by atoms with Gasteiger partial charge in [-0.1, -0.05) is 34.1 Å². The number of carbonyl (C=O) groups excluding carboxylic acids is 2. The summed E-state index contributed by atoms with van der Waals surface area (Å²) in [4.78, 5) is 24.6. The van der Waals surface area contributed by atoms with Crippen LogP contribution in [0.5, 0.6) is 5.75 Å². The Morgan fingerprint density at radius 3 is 2.59 bits per heavy atom. The van der Waals surface area contributed by atoms with Crippen LogP contribution in [0.4, 0.5) is 0 Å². The van der Waals surface area contributed by atoms with Gasteiger partial charge >= 0.3 is 5.97 Å². The van der Waals surface area contributed by atoms with Crippen LogP contribution < -0.4 is 4.74 Å². The van der Waals surface area contributed by atoms with Crippen molar-refractivity contribution < 1.29 is 23.5 Å². The summed E-state index contributed by atoms with van der Waals surface area (Å²) in [5.41, 5.74) is 1.19. The molecule has 0 saturated carbocycles. The van der Waals surface area contributed by atoms with Crippen LogP contribution in [0.2, 0.25) is 0 Å². The summed E-state index contributed by atoms with van der Waals surface area (Å²) in [7, 11) is 1.49. The van der Waals surface area contributed by atoms with Gasteiger partial charge in [0, 0.05) is 16.5 Å². The van der Waals surface area contributed by atoms with Crippen LogP contribution in [-0.4, -0.2) is 29.1 Å². The molecule has 0 aliphatic carbocycles. The first-order valence-electron chi connectivity index (χ1n) is 8.93. The molecule has 0 spiro atoms. The number of aromatic nitrogens is 2. The molecule has 150 valence electrons. The average molecular weight is 459 g/mol. The smallest absolute Gasteiger partial charge is 0.307 e. The highest BCUT2D eigenvalue weighted by Gasteiger charge is 2.20. The van der Waals surface area contributed by atoms with Gasteiger partial charge in [-0.25, -0.2) is 0 Å². The minimum Gasteiger partial charge on any atom is -0.496 e. The van der Waals surface area contributed by atoms with Crippen molar-refractivity contribution in [1.29, 1.82) is 0 Å². The Bertz CT molecular complexity index is 1000. The maximum atomic E-state index is 12.4. The van der Waals surface area contributed by atoms with E-state index in [4.69, 9.17) is 13.9 Å². The van der Waals surface area contributed by atoms with E-state index < -0.39 is 12.1 Å². The lowest BCUT2D eigenvalue weighted by Gasteiger charge is -2.10. The van der Waals surface area contributed by atoms with E-state index in [2.05, 4.69) is 26.1 Å². The number of ketones is 1. The summed E-state index contributed by atoms with van der Waals surface area (Å²) in [6.45, 7) is 1.64. The van der Waals surface area contributed by atoms with E-state index in [0.717, 1.165) is 10.0 Å². The van der Waals surface area contributed by atoms with Gasteiger partial charge in [0.25, 0.3) is 5.89 Å². The van der Waals surface area contributed by atoms with E-state index in [1.807, 2.05) is 30.3 Å². The van der Waals surface area contributed by atoms with Gasteiger partial charge in [0.1, 0.15) is 5.75 Å². The number of Topliss-reactive ketones (excluding diaryl/α,β-unsaturated/α-hetero) is 1. The topological polar surface area (TPSA) is 91.5 Å². The molecule has 0 bridgehead atoms. The van der Waals surface area contributed by atoms with E-state index >= 15 is 0 Å². The number of rotatable bonds is 8. The second-order valence-corrected chi connectivity index (χ2v) is 7.13. The monoisotopic (exact) mass is 458 g/mol. The molecule has 0 aliphatic rings. The summed E-state index contributed by atoms with van der Waals surface area (Å²) >= 11 is 3.33. The number of carbonyl (C=O) groups is 2. The van der Waals surface area contributed by atoms with Crippen molar-refractivity contribution in [2.24, 2.45) is 0 Å². The fourth-order valence-corrected chi connectivity index (χ4v) is 3.01. The maximum Gasteiger partial charge on any atom is 0.307 e. The number of hydrogen-bond donors (Lipinski definition) is 0. The number of halogens is 1. The normalized spacial score (nSPS) is 11.7. The molecule has 0 radical (unpaired) electrons. The highest BCUT2D eigenvalue weighted by atomic mass is 79.9. The summed E-state index contributed by atoms with van der Waals surface area (Å²) in [5, 5.41) is 7.91. The Kier molecular flexibility index (Phi) is 6.77. The molecule has 1 unspecified atom stereocenters. The number of benzene rings is 2. The van der Waals surface area contributed by atoms with Gasteiger partial charge in [0.15, 0.2) is 11.9 Å². The van der Waals surface area contributed by atoms with Gasteiger partial charge in [-0.2, -0.15) is 0 Å². The van der Waals surface area contributed by atoms with Crippen LogP contribution in [0.15, 0.2) is 57.4 Å². The minimum atomic E-state index is -0.719. The molecular weight excluding hydrogens is 440 g/mol. The van der Waals surface area contributed by atoms with E-state index in [0.29, 0.717) is 17.2 Å². The van der Waals surface area contributed by atoms with Crippen molar-refractivity contribution in [2.45, 2.75) is 25.9 Å². The van der Waals surface area contributed by atoms with Crippen molar-refractivity contribution >= 4 is 27.7 Å². The van der Waals surface area contributed by atoms with Crippen LogP contribution in [-0.2, 0) is 9.53 Å². The van der Waals surface area contributed by atoms with Gasteiger partial charge in [-0.15, -0.1) is 10.2 Å². The van der Waals surface area contributed by atoms with E-state index in [1.165, 1.54) is 7.11 Å². The molecule has 0 saturated heterocycles. The molecule has 1 aromatic heterocycles. The number of ether oxygens (including phenoxy) is 2. The van der Waals surface area contributed by atoms with Crippen molar-refractivity contribution in [3.8, 4) is 17.2 Å². The Morgan fingerprint density at radius 2 is 1.86 bits per heavy atom. The Hall–Kier alpha value is -3.00. The zero-order valence-electron chi connectivity index (χ0n) is 15.9. The second kappa shape index (κ2) is 9.47. The number of esters is 1. The molecule has 0 aliphatic heterocycles. The zero-order valence-corrected chi connectivity index (χ0v) is 17.5. The second-order valence-electron chi connectivity index (χ2n) is 6.21. The summed E-state index contributed by atoms with van der Waals surface area (Å²) in [5.74, 6) is 0.257. The van der Waals surface area contributed by atoms with Crippen LogP contribution >= 0.6 is 15.9 Å². The van der Waals surface area contributed by atoms with Gasteiger partial charge < -0.3 is 13.9 Å². The van der Waals surface area contributed by atoms with Crippen LogP contribution in [0.1, 0.15) is 42.1 Å². The van der Waals surface area contributed by atoms with E-state index in [1.54, 1.807) is 25.1 Å². The predicted octanol–water partition coefficient (Wildman–Crippen LogP) is 4.78. The lowest BCUT2D eigenvalue weighted by atomic mass is 10.1. The molecule has 2 aromatic carbocycles. The predicted molar refractivity (Wildman–Crippen MR) is 108 cm³/mol. The average Bonchev–Trinajstić information content (AvgIpc) is 3.23. The number of nitrogens with zero attached hydrogens (tertiary/aromatic N) is 2. The van der Waals surface area contributed by atoms with Gasteiger partial charge in [0.2, 0.25) is 5.89 Å². The standard InChI is InChI=1S/C21H19BrN2O5/c1-13(20-23-24-21(29-20)14-6-4-3-5-7-14)28-19(26)11-9-17(25)16-12-15(22)8-10-18(16)27-2/h3-8,10,12-13H,9,11H2,1-2H3. The lowest BCUT2D eigenvalue weighted by Crippen LogP contribution is -2.12. The summed E-state index contributed by atoms with van der Waals surface area (Å²) in [6.07, 6.45) is -0.793. The van der Waals surface area contributed by atoms with Gasteiger partial charge in [-0.05, 0) is 37.3 Å². The van der Waals surface area contributed by atoms with Crippen LogP contribution in [0, 0.1) is 0 Å². The highest BCUT2D eigenvalue weighted by Crippen LogP contribution is 2.25. The first-order valence-corrected chi connectivity index (χ1v) is 9.72. The first-order chi connectivity index (χ1) is 14.0. The Labute approximate surface area is 176 Å². The molecule has 1 atom stereocenters. The lowest BCUT2D eigenvalue weighted by molar-refractivity contribution is -0.149. The molecule has 0 amide bonds. The van der Waals surface area contributed by atoms with Crippen molar-refractivity contribution in [2.75, 3.05) is 7.11 Å². The van der Waals surface area contributed by atoms with Crippen LogP contribution in [0.3, 0.4) is 0 Å². The fourth-order valence-electron chi connectivity index (χ4n) is 2.65. The third kappa shape index (κ3) is 5.29. The molecule has 1 heterocycles. The first kappa shape index (κ1) is 20.7. The SMILES string of the molecule is COc1ccc(Br)cc1C(=O)CCC(=O)OC(C)c1nnc(-c2ccccc2)o1. The third-order valence-corrected chi connectivity index (χ3v) is 4.63. The van der Waals surface area contributed by atoms with Crippen molar-refractivity contribution in [3.63, 3.8) is 0 Å². The van der Waals surface area contributed by atoms with Crippen molar-refractivity contribution in [1.82, 2.24) is 10.2 Å². The van der Waals surface area contributed by atoms with Crippen molar-refractivity contribution in [3.05, 3.63) is 64.5 Å². The van der Waals surface area contributed by atoms with Gasteiger partial charge in [0.05, 0.1) is 19.1 Å². The maximum absolute atomic E-state index is 12.4. The molecule has 29 heavy (non-hydrogen) atoms. The highest BCUT2D eigenvalue weighted by molar-refractivity contribution is 9.10. The fraction of sp³-hybridized carbons (Fsp3) is 0.238. The third-order valence-electron chi connectivity index (χ3n) is 4.14. The van der Waals surface area contributed by atoms with E-state index in [-0.39, 0.29) is 24.5 Å². The quantitative estimate of drug-likeness (QED) is 0.354. The molecule has 3 aromatic rings. The van der Waals surface area contributed by atoms with Gasteiger partial charge in [-0.3, -0.25) is 9.59 Å². The largest absolute Gasteiger partial charge is 0.496 e. The summed E-state index contributed by atoms with van der Waals surface area (Å²) < 4.78 is 16.9. The molecule has 3 rings (SSSR count). The Balaban J connectivity index is 1.56. The molecule has 0 N–H and O–H groups in total. The molecular formula is C21H19BrN2O5. The molecule has 8 heteroatoms. The minimum absolute atomic E-state index is 0.00251. The zero-order chi connectivity index (χ0) is 20.8. The number of methoxy groups -OCH3 is 1. The molecule has 7 nitrogen and oxygen atoms in total. The number of hydrogen-bond acceptors (Lipinski definition) is 7. The Morgan fingerprint density at radius 1 is 1.10 bits per heavy atom. The van der Waals surface area contributed by atoms with Crippen LogP contribution in [0.25, 0.3) is 11.5 Å². The summed E-state index contributed by atoms with van der Waals surface area (Å²) in [6, 6.07) is 14.4. The molecule has 0 fully saturated rings.